The highest BCUT2D eigenvalue weighted by atomic mass is 32.2. The molecule has 9 heteroatoms. The summed E-state index contributed by atoms with van der Waals surface area (Å²) in [4.78, 5) is 14.0. The van der Waals surface area contributed by atoms with Gasteiger partial charge in [0, 0.05) is 51.8 Å². The Labute approximate surface area is 141 Å². The summed E-state index contributed by atoms with van der Waals surface area (Å²) >= 11 is 0. The molecule has 0 atom stereocenters. The first-order chi connectivity index (χ1) is 11.4. The van der Waals surface area contributed by atoms with Gasteiger partial charge in [0.2, 0.25) is 10.0 Å². The molecule has 0 N–H and O–H groups in total. The standard InChI is InChI=1S/C15H23FN4O3S/c1-2-19-12-13(11-17-19)24(22,23)20-9-5-15(16,6-10-20)14(21)18-7-3-4-8-18/h11-12H,2-10H2,1H3. The zero-order chi connectivity index (χ0) is 17.4. The predicted octanol–water partition coefficient (Wildman–Crippen LogP) is 1.02. The Kier molecular flexibility index (Phi) is 4.65. The minimum Gasteiger partial charge on any atom is -0.340 e. The number of alkyl halides is 1. The van der Waals surface area contributed by atoms with Crippen LogP contribution in [0, 0.1) is 0 Å². The summed E-state index contributed by atoms with van der Waals surface area (Å²) in [6.07, 6.45) is 4.41. The first-order valence-corrected chi connectivity index (χ1v) is 9.82. The normalized spacial score (nSPS) is 22.0. The molecule has 1 aromatic heterocycles. The molecule has 134 valence electrons. The van der Waals surface area contributed by atoms with Crippen LogP contribution in [-0.4, -0.2) is 65.2 Å². The monoisotopic (exact) mass is 358 g/mol. The van der Waals surface area contributed by atoms with Crippen LogP contribution in [0.5, 0.6) is 0 Å². The van der Waals surface area contributed by atoms with E-state index in [-0.39, 0.29) is 30.8 Å². The maximum absolute atomic E-state index is 15.0. The van der Waals surface area contributed by atoms with Crippen molar-refractivity contribution in [3.8, 4) is 0 Å². The minimum absolute atomic E-state index is 0.00964. The second-order valence-corrected chi connectivity index (χ2v) is 8.34. The number of carbonyl (C=O) groups excluding carboxylic acids is 1. The first kappa shape index (κ1) is 17.3. The van der Waals surface area contributed by atoms with Crippen LogP contribution in [0.2, 0.25) is 0 Å². The molecule has 2 fully saturated rings. The van der Waals surface area contributed by atoms with Gasteiger partial charge in [0.15, 0.2) is 5.67 Å². The number of aromatic nitrogens is 2. The molecule has 24 heavy (non-hydrogen) atoms. The number of carbonyl (C=O) groups is 1. The van der Waals surface area contributed by atoms with Crippen molar-refractivity contribution in [2.45, 2.75) is 49.7 Å². The fraction of sp³-hybridized carbons (Fsp3) is 0.733. The maximum Gasteiger partial charge on any atom is 0.260 e. The van der Waals surface area contributed by atoms with Gasteiger partial charge in [0.25, 0.3) is 5.91 Å². The molecule has 1 amide bonds. The summed E-state index contributed by atoms with van der Waals surface area (Å²) in [5.41, 5.74) is -1.94. The molecule has 0 unspecified atom stereocenters. The number of rotatable bonds is 4. The molecule has 0 spiro atoms. The van der Waals surface area contributed by atoms with E-state index in [9.17, 15) is 13.2 Å². The van der Waals surface area contributed by atoms with Crippen LogP contribution in [0.15, 0.2) is 17.3 Å². The molecule has 0 aliphatic carbocycles. The van der Waals surface area contributed by atoms with Crippen molar-refractivity contribution in [2.24, 2.45) is 0 Å². The third-order valence-electron chi connectivity index (χ3n) is 4.86. The van der Waals surface area contributed by atoms with Crippen molar-refractivity contribution >= 4 is 15.9 Å². The number of nitrogens with zero attached hydrogens (tertiary/aromatic N) is 4. The summed E-state index contributed by atoms with van der Waals surface area (Å²) < 4.78 is 43.0. The average molecular weight is 358 g/mol. The maximum atomic E-state index is 15.0. The predicted molar refractivity (Wildman–Crippen MR) is 85.5 cm³/mol. The molecule has 0 saturated carbocycles. The van der Waals surface area contributed by atoms with Crippen molar-refractivity contribution in [1.29, 1.82) is 0 Å². The third-order valence-corrected chi connectivity index (χ3v) is 6.71. The van der Waals surface area contributed by atoms with E-state index in [4.69, 9.17) is 0 Å². The second-order valence-electron chi connectivity index (χ2n) is 6.40. The lowest BCUT2D eigenvalue weighted by Gasteiger charge is -2.36. The summed E-state index contributed by atoms with van der Waals surface area (Å²) in [6, 6.07) is 0. The summed E-state index contributed by atoms with van der Waals surface area (Å²) in [6.45, 7) is 3.66. The Morgan fingerprint density at radius 3 is 2.42 bits per heavy atom. The van der Waals surface area contributed by atoms with Crippen LogP contribution in [0.3, 0.4) is 0 Å². The summed E-state index contributed by atoms with van der Waals surface area (Å²) in [5, 5.41) is 3.98. The molecule has 3 heterocycles. The smallest absolute Gasteiger partial charge is 0.260 e. The lowest BCUT2D eigenvalue weighted by atomic mass is 9.93. The lowest BCUT2D eigenvalue weighted by Crippen LogP contribution is -2.52. The van der Waals surface area contributed by atoms with Crippen LogP contribution < -0.4 is 0 Å². The first-order valence-electron chi connectivity index (χ1n) is 8.38. The molecule has 0 bridgehead atoms. The summed E-state index contributed by atoms with van der Waals surface area (Å²) in [5.74, 6) is -0.476. The second kappa shape index (κ2) is 6.44. The van der Waals surface area contributed by atoms with E-state index >= 15 is 4.39 Å². The van der Waals surface area contributed by atoms with E-state index in [1.807, 2.05) is 6.92 Å². The van der Waals surface area contributed by atoms with E-state index in [0.29, 0.717) is 19.6 Å². The molecular weight excluding hydrogens is 335 g/mol. The number of hydrogen-bond donors (Lipinski definition) is 0. The fourth-order valence-electron chi connectivity index (χ4n) is 3.30. The molecule has 0 aromatic carbocycles. The highest BCUT2D eigenvalue weighted by molar-refractivity contribution is 7.89. The largest absolute Gasteiger partial charge is 0.340 e. The number of piperidine rings is 1. The average Bonchev–Trinajstić information content (AvgIpc) is 3.26. The molecule has 2 saturated heterocycles. The van der Waals surface area contributed by atoms with Crippen LogP contribution in [0.1, 0.15) is 32.6 Å². The molecule has 3 rings (SSSR count). The van der Waals surface area contributed by atoms with Gasteiger partial charge < -0.3 is 4.90 Å². The van der Waals surface area contributed by atoms with Crippen LogP contribution in [0.25, 0.3) is 0 Å². The number of hydrogen-bond acceptors (Lipinski definition) is 4. The molecule has 2 aliphatic rings. The Morgan fingerprint density at radius 1 is 1.25 bits per heavy atom. The minimum atomic E-state index is -3.69. The van der Waals surface area contributed by atoms with Gasteiger partial charge in [-0.05, 0) is 19.8 Å². The number of likely N-dealkylation sites (tertiary alicyclic amines) is 1. The quantitative estimate of drug-likeness (QED) is 0.805. The van der Waals surface area contributed by atoms with Crippen molar-refractivity contribution in [3.05, 3.63) is 12.4 Å². The number of amides is 1. The Hall–Kier alpha value is -1.48. The SMILES string of the molecule is CCn1cc(S(=O)(=O)N2CCC(F)(C(=O)N3CCCC3)CC2)cn1. The highest BCUT2D eigenvalue weighted by Crippen LogP contribution is 2.32. The molecule has 1 aromatic rings. The topological polar surface area (TPSA) is 75.5 Å². The molecule has 7 nitrogen and oxygen atoms in total. The van der Waals surface area contributed by atoms with Crippen LogP contribution >= 0.6 is 0 Å². The van der Waals surface area contributed by atoms with E-state index in [1.54, 1.807) is 4.90 Å². The Balaban J connectivity index is 1.68. The number of sulfonamides is 1. The van der Waals surface area contributed by atoms with E-state index in [2.05, 4.69) is 5.10 Å². The highest BCUT2D eigenvalue weighted by Gasteiger charge is 2.46. The van der Waals surface area contributed by atoms with Gasteiger partial charge in [-0.3, -0.25) is 9.48 Å². The van der Waals surface area contributed by atoms with E-state index < -0.39 is 21.6 Å². The van der Waals surface area contributed by atoms with Crippen LogP contribution in [0.4, 0.5) is 4.39 Å². The molecule has 2 aliphatic heterocycles. The van der Waals surface area contributed by atoms with Crippen molar-refractivity contribution in [2.75, 3.05) is 26.2 Å². The lowest BCUT2D eigenvalue weighted by molar-refractivity contribution is -0.145. The van der Waals surface area contributed by atoms with Crippen LogP contribution in [-0.2, 0) is 21.4 Å². The fourth-order valence-corrected chi connectivity index (χ4v) is 4.69. The van der Waals surface area contributed by atoms with Crippen molar-refractivity contribution < 1.29 is 17.6 Å². The summed E-state index contributed by atoms with van der Waals surface area (Å²) in [7, 11) is -3.69. The van der Waals surface area contributed by atoms with Gasteiger partial charge in [-0.2, -0.15) is 9.40 Å². The zero-order valence-corrected chi connectivity index (χ0v) is 14.6. The van der Waals surface area contributed by atoms with Crippen molar-refractivity contribution in [3.63, 3.8) is 0 Å². The van der Waals surface area contributed by atoms with E-state index in [0.717, 1.165) is 12.8 Å². The number of aryl methyl sites for hydroxylation is 1. The van der Waals surface area contributed by atoms with Gasteiger partial charge in [-0.15, -0.1) is 0 Å². The van der Waals surface area contributed by atoms with Gasteiger partial charge in [-0.1, -0.05) is 0 Å². The van der Waals surface area contributed by atoms with Gasteiger partial charge >= 0.3 is 0 Å². The molecule has 0 radical (unpaired) electrons. The zero-order valence-electron chi connectivity index (χ0n) is 13.8. The van der Waals surface area contributed by atoms with Crippen molar-refractivity contribution in [1.82, 2.24) is 19.0 Å². The Morgan fingerprint density at radius 2 is 1.88 bits per heavy atom. The number of halogens is 1. The van der Waals surface area contributed by atoms with Gasteiger partial charge in [0.1, 0.15) is 4.90 Å². The van der Waals surface area contributed by atoms with E-state index in [1.165, 1.54) is 21.4 Å². The molecular formula is C15H23FN4O3S. The Bertz CT molecular complexity index is 704. The van der Waals surface area contributed by atoms with Gasteiger partial charge in [-0.25, -0.2) is 12.8 Å². The third kappa shape index (κ3) is 3.06. The van der Waals surface area contributed by atoms with Gasteiger partial charge in [0.05, 0.1) is 6.20 Å².